The van der Waals surface area contributed by atoms with E-state index in [1.807, 2.05) is 0 Å². The Hall–Kier alpha value is -2.02. The summed E-state index contributed by atoms with van der Waals surface area (Å²) in [5, 5.41) is 5.46. The molecule has 0 saturated heterocycles. The summed E-state index contributed by atoms with van der Waals surface area (Å²) >= 11 is 1.11. The average Bonchev–Trinajstić information content (AvgIpc) is 2.75. The van der Waals surface area contributed by atoms with Crippen LogP contribution >= 0.6 is 15.9 Å². The summed E-state index contributed by atoms with van der Waals surface area (Å²) in [5.41, 5.74) is 0. The molecule has 0 heterocycles. The van der Waals surface area contributed by atoms with E-state index in [0.717, 1.165) is 4.47 Å². The molecule has 2 heteroatoms. The third-order valence-corrected chi connectivity index (χ3v) is 15.6. The van der Waals surface area contributed by atoms with Gasteiger partial charge in [0.25, 0.3) is 0 Å². The van der Waals surface area contributed by atoms with Crippen LogP contribution in [-0.4, -0.2) is 21.8 Å². The summed E-state index contributed by atoms with van der Waals surface area (Å²) in [7, 11) is 0. The van der Waals surface area contributed by atoms with Gasteiger partial charge in [0.2, 0.25) is 0 Å². The summed E-state index contributed by atoms with van der Waals surface area (Å²) in [5.74, 6) is 0. The van der Waals surface area contributed by atoms with Crippen LogP contribution in [0.25, 0.3) is 21.5 Å². The van der Waals surface area contributed by atoms with E-state index in [2.05, 4.69) is 125 Å². The van der Waals surface area contributed by atoms with Crippen LogP contribution in [0.4, 0.5) is 0 Å². The monoisotopic (exact) mass is 618 g/mol. The quantitative estimate of drug-likeness (QED) is 0.242. The second-order valence-electron chi connectivity index (χ2n) is 6.81. The van der Waals surface area contributed by atoms with E-state index in [9.17, 15) is 0 Å². The third-order valence-electron chi connectivity index (χ3n) is 5.10. The predicted molar refractivity (Wildman–Crippen MR) is 127 cm³/mol. The molecule has 5 rings (SSSR count). The fraction of sp³-hybridized carbons (Fsp3) is 0. The van der Waals surface area contributed by atoms with Crippen molar-refractivity contribution in [2.45, 2.75) is 0 Å². The summed E-state index contributed by atoms with van der Waals surface area (Å²) in [6, 6.07) is 40.3. The second kappa shape index (κ2) is 7.78. The molecular weight excluding hydrogens is 601 g/mol. The number of rotatable bonds is 3. The Morgan fingerprint density at radius 1 is 0.464 bits per heavy atom. The average molecular weight is 619 g/mol. The van der Waals surface area contributed by atoms with Crippen LogP contribution in [0.5, 0.6) is 0 Å². The van der Waals surface area contributed by atoms with Crippen molar-refractivity contribution in [2.24, 2.45) is 0 Å². The van der Waals surface area contributed by atoms with E-state index < -0.39 is 21.8 Å². The topological polar surface area (TPSA) is 0 Å². The summed E-state index contributed by atoms with van der Waals surface area (Å²) < 4.78 is 5.74. The molecule has 0 nitrogen and oxygen atoms in total. The molecule has 0 radical (unpaired) electrons. The van der Waals surface area contributed by atoms with Crippen molar-refractivity contribution in [3.05, 3.63) is 114 Å². The van der Waals surface area contributed by atoms with Crippen LogP contribution in [0.1, 0.15) is 0 Å². The number of halogens is 1. The normalized spacial score (nSPS) is 11.4. The zero-order chi connectivity index (χ0) is 18.9. The first-order valence-electron chi connectivity index (χ1n) is 9.32. The molecule has 0 atom stereocenters. The van der Waals surface area contributed by atoms with E-state index in [-0.39, 0.29) is 0 Å². The van der Waals surface area contributed by atoms with Crippen LogP contribution in [-0.2, 0) is 0 Å². The van der Waals surface area contributed by atoms with Crippen molar-refractivity contribution in [2.75, 3.05) is 0 Å². The van der Waals surface area contributed by atoms with Gasteiger partial charge in [0.1, 0.15) is 0 Å². The number of hydrogen-bond donors (Lipinski definition) is 0. The molecule has 0 aliphatic rings. The van der Waals surface area contributed by atoms with Gasteiger partial charge in [0.15, 0.2) is 0 Å². The molecule has 0 aliphatic carbocycles. The van der Waals surface area contributed by atoms with Gasteiger partial charge < -0.3 is 0 Å². The molecule has 0 amide bonds. The van der Waals surface area contributed by atoms with Gasteiger partial charge in [-0.1, -0.05) is 0 Å². The molecule has 0 saturated carbocycles. The first-order chi connectivity index (χ1) is 13.8. The van der Waals surface area contributed by atoms with Gasteiger partial charge in [-0.05, 0) is 0 Å². The third kappa shape index (κ3) is 3.30. The molecule has 5 aromatic carbocycles. The summed E-state index contributed by atoms with van der Waals surface area (Å²) in [6.45, 7) is 0. The SMILES string of the molecule is Brc1cc[c]([Bi]([c]2cccc3ccccc23)[c]2cccc3ccccc23)cc1. The minimum absolute atomic E-state index is 1.14. The van der Waals surface area contributed by atoms with Gasteiger partial charge >= 0.3 is 183 Å². The molecule has 134 valence electrons. The summed E-state index contributed by atoms with van der Waals surface area (Å²) in [4.78, 5) is 0. The fourth-order valence-corrected chi connectivity index (χ4v) is 14.3. The van der Waals surface area contributed by atoms with Crippen LogP contribution in [0.15, 0.2) is 114 Å². The molecular formula is C26H18BiBr. The first-order valence-corrected chi connectivity index (χ1v) is 15.3. The molecule has 0 N–H and O–H groups in total. The molecule has 5 aromatic rings. The van der Waals surface area contributed by atoms with E-state index in [1.54, 1.807) is 6.54 Å². The maximum absolute atomic E-state index is 3.61. The van der Waals surface area contributed by atoms with E-state index in [4.69, 9.17) is 0 Å². The van der Waals surface area contributed by atoms with Gasteiger partial charge in [-0.15, -0.1) is 0 Å². The van der Waals surface area contributed by atoms with Crippen molar-refractivity contribution < 1.29 is 0 Å². The van der Waals surface area contributed by atoms with E-state index in [0.29, 0.717) is 0 Å². The molecule has 0 unspecified atom stereocenters. The molecule has 28 heavy (non-hydrogen) atoms. The Kier molecular flexibility index (Phi) is 5.01. The Balaban J connectivity index is 1.84. The first kappa shape index (κ1) is 18.0. The Morgan fingerprint density at radius 2 is 0.929 bits per heavy atom. The zero-order valence-corrected chi connectivity index (χ0v) is 20.3. The number of fused-ring (bicyclic) bond motifs is 2. The van der Waals surface area contributed by atoms with Crippen LogP contribution in [0, 0.1) is 0 Å². The zero-order valence-electron chi connectivity index (χ0n) is 15.2. The number of hydrogen-bond acceptors (Lipinski definition) is 0. The molecule has 0 fully saturated rings. The van der Waals surface area contributed by atoms with Gasteiger partial charge in [-0.25, -0.2) is 0 Å². The molecule has 0 spiro atoms. The van der Waals surface area contributed by atoms with Crippen molar-refractivity contribution in [1.29, 1.82) is 0 Å². The standard InChI is InChI=1S/2C10H7.C6H4Br.Bi/c2*1-2-6-10-8-4-3-7-9(10)5-1;7-6-4-2-1-3-5-6;/h2*1-7H;2-5H;. The maximum atomic E-state index is 3.61. The Labute approximate surface area is 181 Å². The van der Waals surface area contributed by atoms with E-state index >= 15 is 0 Å². The number of benzene rings is 5. The second-order valence-corrected chi connectivity index (χ2v) is 16.1. The van der Waals surface area contributed by atoms with Crippen molar-refractivity contribution >= 4 is 69.0 Å². The van der Waals surface area contributed by atoms with Gasteiger partial charge in [-0.2, -0.15) is 0 Å². The predicted octanol–water partition coefficient (Wildman–Crippen LogP) is 5.27. The van der Waals surface area contributed by atoms with Gasteiger partial charge in [-0.3, -0.25) is 0 Å². The van der Waals surface area contributed by atoms with Crippen molar-refractivity contribution in [3.8, 4) is 0 Å². The molecule has 0 bridgehead atoms. The summed E-state index contributed by atoms with van der Waals surface area (Å²) in [6.07, 6.45) is 0. The molecule has 0 aliphatic heterocycles. The fourth-order valence-electron chi connectivity index (χ4n) is 3.80. The van der Waals surface area contributed by atoms with Crippen molar-refractivity contribution in [1.82, 2.24) is 0 Å². The van der Waals surface area contributed by atoms with Gasteiger partial charge in [0, 0.05) is 0 Å². The van der Waals surface area contributed by atoms with Crippen LogP contribution < -0.4 is 9.81 Å². The Bertz CT molecular complexity index is 1180. The Morgan fingerprint density at radius 3 is 1.46 bits per heavy atom. The molecule has 0 aromatic heterocycles. The van der Waals surface area contributed by atoms with Gasteiger partial charge in [0.05, 0.1) is 0 Å². The van der Waals surface area contributed by atoms with E-state index in [1.165, 1.54) is 24.8 Å². The van der Waals surface area contributed by atoms with Crippen molar-refractivity contribution in [3.63, 3.8) is 0 Å². The van der Waals surface area contributed by atoms with Crippen LogP contribution in [0.2, 0.25) is 0 Å². The van der Waals surface area contributed by atoms with Crippen LogP contribution in [0.3, 0.4) is 0 Å². The minimum atomic E-state index is -2.50.